The van der Waals surface area contributed by atoms with Crippen LogP contribution >= 0.6 is 46.4 Å². The van der Waals surface area contributed by atoms with E-state index < -0.39 is 0 Å². The molecule has 8 N–H and O–H groups in total. The third-order valence-corrected chi connectivity index (χ3v) is 25.4. The fraction of sp³-hybridized carbons (Fsp3) is 0.360. The molecule has 0 spiro atoms. The Balaban J connectivity index is 0.000000132. The molecule has 0 aliphatic carbocycles. The fourth-order valence-electron chi connectivity index (χ4n) is 16.9. The summed E-state index contributed by atoms with van der Waals surface area (Å²) in [6, 6.07) is 39.4. The van der Waals surface area contributed by atoms with Crippen molar-refractivity contribution in [2.45, 2.75) is 163 Å². The lowest BCUT2D eigenvalue weighted by Crippen LogP contribution is -2.39. The Morgan fingerprint density at radius 2 is 0.764 bits per heavy atom. The molecule has 4 aliphatic rings. The van der Waals surface area contributed by atoms with Crippen LogP contribution in [0.4, 0.5) is 93.1 Å². The van der Waals surface area contributed by atoms with Gasteiger partial charge in [0.05, 0.1) is 70.7 Å². The van der Waals surface area contributed by atoms with Crippen LogP contribution in [0.2, 0.25) is 20.1 Å². The highest BCUT2D eigenvalue weighted by Gasteiger charge is 2.29. The van der Waals surface area contributed by atoms with Gasteiger partial charge in [-0.25, -0.2) is 53.9 Å². The number of aromatic nitrogens is 24. The van der Waals surface area contributed by atoms with Crippen molar-refractivity contribution in [1.29, 1.82) is 21.0 Å². The van der Waals surface area contributed by atoms with Crippen molar-refractivity contribution in [3.63, 3.8) is 0 Å². The minimum atomic E-state index is -0.134. The molecule has 0 amide bonds. The predicted octanol–water partition coefficient (Wildman–Crippen LogP) is 18.3. The number of anilines is 16. The average Bonchev–Trinajstić information content (AvgIpc) is 1.65. The van der Waals surface area contributed by atoms with Gasteiger partial charge < -0.3 is 71.3 Å². The SMILES string of the molecule is CC(C)(C)c1nc2cc(Nc3ncc(Cl)c(NC4CCN(c5ccc(C#N)nn5)CC4)n3)ccn2n1.CC(C)Cc1nc2cc(Nc3ncc(Cl)c(NC4CCN(c5ccc(C#N)nn5)CC4)n3)ccn2n1.CC(C)Cn1ccc2cc(Nc3ncc(Cl)c(NC4CCN(c5ccc(C#N)cn5)CC4)n3)cnc21.CC(C)Cn1ccc2ncc(Nc3ncc(Cl)c(NC4CCN(c5ccc(C#N)cn5)CC4)n3)cc21. The summed E-state index contributed by atoms with van der Waals surface area (Å²) in [6.45, 7) is 27.9. The van der Waals surface area contributed by atoms with Crippen LogP contribution in [0, 0.1) is 63.1 Å². The van der Waals surface area contributed by atoms with E-state index in [-0.39, 0.29) is 29.6 Å². The van der Waals surface area contributed by atoms with Gasteiger partial charge in [0, 0.05) is 168 Å². The highest BCUT2D eigenvalue weighted by molar-refractivity contribution is 6.34. The Bertz CT molecular complexity index is 7150. The van der Waals surface area contributed by atoms with Gasteiger partial charge in [-0.3, -0.25) is 4.98 Å². The summed E-state index contributed by atoms with van der Waals surface area (Å²) >= 11 is 25.6. The lowest BCUT2D eigenvalue weighted by atomic mass is 9.96. The number of fused-ring (bicyclic) bond motifs is 4. The average molecular weight is 2010 g/mol. The summed E-state index contributed by atoms with van der Waals surface area (Å²) in [7, 11) is 0. The van der Waals surface area contributed by atoms with E-state index in [1.54, 1.807) is 82.9 Å². The van der Waals surface area contributed by atoms with Crippen molar-refractivity contribution in [2.24, 2.45) is 17.8 Å². The molecule has 40 nitrogen and oxygen atoms in total. The van der Waals surface area contributed by atoms with Gasteiger partial charge in [0.2, 0.25) is 23.8 Å². The first-order valence-electron chi connectivity index (χ1n) is 47.8. The third kappa shape index (κ3) is 25.9. The molecule has 44 heteroatoms. The number of nitrogens with one attached hydrogen (secondary N) is 8. The van der Waals surface area contributed by atoms with E-state index in [9.17, 15) is 0 Å². The molecule has 4 fully saturated rings. The Labute approximate surface area is 852 Å². The first kappa shape index (κ1) is 99.7. The van der Waals surface area contributed by atoms with Gasteiger partial charge in [-0.1, -0.05) is 109 Å². The predicted molar refractivity (Wildman–Crippen MR) is 560 cm³/mol. The quantitative estimate of drug-likeness (QED) is 0.0250. The molecule has 16 aromatic heterocycles. The zero-order valence-electron chi connectivity index (χ0n) is 81.0. The molecule has 16 aromatic rings. The van der Waals surface area contributed by atoms with E-state index >= 15 is 0 Å². The van der Waals surface area contributed by atoms with E-state index in [0.717, 1.165) is 214 Å². The van der Waals surface area contributed by atoms with E-state index in [2.05, 4.69) is 277 Å². The monoisotopic (exact) mass is 2010 g/mol. The summed E-state index contributed by atoms with van der Waals surface area (Å²) in [5.41, 5.74) is 9.41. The van der Waals surface area contributed by atoms with Crippen molar-refractivity contribution in [1.82, 2.24) is 119 Å². The molecule has 20 rings (SSSR count). The first-order chi connectivity index (χ1) is 69.7. The number of nitriles is 4. The fourth-order valence-corrected chi connectivity index (χ4v) is 17.5. The number of hydrogen-bond acceptors (Lipinski definition) is 36. The zero-order chi connectivity index (χ0) is 100. The summed E-state index contributed by atoms with van der Waals surface area (Å²) in [6.07, 6.45) is 29.1. The molecule has 0 radical (unpaired) electrons. The molecule has 4 saturated heterocycles. The molecular formula is C100H108Cl4N40. The zero-order valence-corrected chi connectivity index (χ0v) is 84.0. The molecule has 0 saturated carbocycles. The second-order valence-electron chi connectivity index (χ2n) is 37.7. The van der Waals surface area contributed by atoms with Gasteiger partial charge in [0.25, 0.3) is 0 Å². The Hall–Kier alpha value is -15.9. The van der Waals surface area contributed by atoms with Crippen LogP contribution in [-0.2, 0) is 24.9 Å². The maximum Gasteiger partial charge on any atom is 0.229 e. The van der Waals surface area contributed by atoms with Crippen molar-refractivity contribution < 1.29 is 0 Å². The Morgan fingerprint density at radius 1 is 0.368 bits per heavy atom. The molecule has 144 heavy (non-hydrogen) atoms. The molecule has 0 atom stereocenters. The van der Waals surface area contributed by atoms with Gasteiger partial charge in [-0.15, -0.1) is 20.4 Å². The van der Waals surface area contributed by atoms with Crippen molar-refractivity contribution >= 4 is 173 Å². The van der Waals surface area contributed by atoms with Crippen LogP contribution in [0.15, 0.2) is 171 Å². The maximum atomic E-state index is 8.97. The van der Waals surface area contributed by atoms with Gasteiger partial charge in [-0.05, 0) is 154 Å². The smallest absolute Gasteiger partial charge is 0.229 e. The molecule has 4 aliphatic heterocycles. The first-order valence-corrected chi connectivity index (χ1v) is 49.3. The van der Waals surface area contributed by atoms with Crippen LogP contribution in [0.25, 0.3) is 33.4 Å². The molecule has 736 valence electrons. The second-order valence-corrected chi connectivity index (χ2v) is 39.4. The van der Waals surface area contributed by atoms with Crippen LogP contribution in [0.3, 0.4) is 0 Å². The Morgan fingerprint density at radius 3 is 1.16 bits per heavy atom. The molecule has 0 bridgehead atoms. The largest absolute Gasteiger partial charge is 0.366 e. The van der Waals surface area contributed by atoms with Crippen LogP contribution in [-0.4, -0.2) is 195 Å². The van der Waals surface area contributed by atoms with Crippen molar-refractivity contribution in [3.8, 4) is 24.3 Å². The highest BCUT2D eigenvalue weighted by atomic mass is 35.5. The number of halogens is 4. The minimum absolute atomic E-state index is 0.134. The molecule has 0 unspecified atom stereocenters. The van der Waals surface area contributed by atoms with Gasteiger partial charge in [0.15, 0.2) is 69.2 Å². The Kier molecular flexibility index (Phi) is 31.7. The van der Waals surface area contributed by atoms with Gasteiger partial charge in [0.1, 0.15) is 61.7 Å². The van der Waals surface area contributed by atoms with Gasteiger partial charge in [-0.2, -0.15) is 51.2 Å². The van der Waals surface area contributed by atoms with Crippen molar-refractivity contribution in [3.05, 3.63) is 226 Å². The summed E-state index contributed by atoms with van der Waals surface area (Å²) in [4.78, 5) is 71.9. The summed E-state index contributed by atoms with van der Waals surface area (Å²) in [5.74, 6) is 10.7. The van der Waals surface area contributed by atoms with Gasteiger partial charge >= 0.3 is 0 Å². The number of nitrogens with zero attached hydrogens (tertiary/aromatic N) is 32. The van der Waals surface area contributed by atoms with Crippen LogP contribution < -0.4 is 62.1 Å². The van der Waals surface area contributed by atoms with E-state index in [4.69, 9.17) is 67.5 Å². The second kappa shape index (κ2) is 45.8. The lowest BCUT2D eigenvalue weighted by molar-refractivity contribution is 0.521. The number of rotatable bonds is 26. The summed E-state index contributed by atoms with van der Waals surface area (Å²) < 4.78 is 7.92. The number of piperidine rings is 4. The topological polar surface area (TPSA) is 481 Å². The van der Waals surface area contributed by atoms with E-state index in [0.29, 0.717) is 107 Å². The number of hydrogen-bond donors (Lipinski definition) is 8. The van der Waals surface area contributed by atoms with Crippen molar-refractivity contribution in [2.75, 3.05) is 114 Å². The lowest BCUT2D eigenvalue weighted by Gasteiger charge is -2.33. The molecule has 20 heterocycles. The van der Waals surface area contributed by atoms with E-state index in [1.807, 2.05) is 79.1 Å². The number of pyridine rings is 6. The normalized spacial score (nSPS) is 14.3. The summed E-state index contributed by atoms with van der Waals surface area (Å²) in [5, 5.41) is 90.8. The maximum absolute atomic E-state index is 8.97. The van der Waals surface area contributed by atoms with E-state index in [1.165, 1.54) is 0 Å². The van der Waals surface area contributed by atoms with Crippen LogP contribution in [0.5, 0.6) is 0 Å². The third-order valence-electron chi connectivity index (χ3n) is 24.2. The standard InChI is InChI=1S/2C26H28ClN9.2C24H26ClN11/c1-17(2)16-36-8-5-19-11-21(14-30-25(19)36)33-26-31-15-22(27)24(34-26)32-20-6-9-35(10-7-20)23-4-3-18(12-28)13-29-23;1-17(2)16-36-10-7-22-23(36)11-20(14-29-22)33-26-31-15-21(27)25(34-26)32-19-5-8-35(9-6-19)24-4-3-18(12-28)13-30-24;1-24(2,3)22-30-20-12-16(8-11-36(20)34-22)29-23-27-14-18(25)21(31-23)28-15-6-9-35(10-7-15)19-5-4-17(13-26)32-33-19;1-15(2)11-20-30-22-12-17(7-10-36(22)34-20)29-24-27-14-19(25)23(31-24)28-16-5-8-35(9-6-16)21-4-3-18(13-26)32-33-21/h3-5,8,11,13-15,17,20H,6-7,9-10,16H2,1-2H3,(H2,31,32,33,34);3-4,7,10-11,13-15,17,19H,5-6,8-9,16H2,1-2H3,(H2,31,32,33,34);4-5,8,11-12,14-15H,6-7,9-10H2,1-3H3,(H2,27,28,29,31);3-4,7,10,12,14-16H,5-6,8-9,11H2,1-2H3,(H2,27,28,29,31). The van der Waals surface area contributed by atoms with Crippen LogP contribution in [0.1, 0.15) is 148 Å². The molecule has 0 aromatic carbocycles. The molecular weight excluding hydrogens is 1900 g/mol. The minimum Gasteiger partial charge on any atom is -0.366 e. The highest BCUT2D eigenvalue weighted by Crippen LogP contribution is 2.35.